The number of fused-ring (bicyclic) bond motifs is 1. The lowest BCUT2D eigenvalue weighted by molar-refractivity contribution is -0.0238. The summed E-state index contributed by atoms with van der Waals surface area (Å²) in [7, 11) is 0. The Morgan fingerprint density at radius 2 is 2.15 bits per heavy atom. The van der Waals surface area contributed by atoms with E-state index in [0.29, 0.717) is 0 Å². The summed E-state index contributed by atoms with van der Waals surface area (Å²) < 4.78 is 6.35. The molecule has 1 saturated heterocycles. The molecule has 2 aliphatic rings. The van der Waals surface area contributed by atoms with E-state index in [0.717, 1.165) is 50.1 Å². The van der Waals surface area contributed by atoms with Crippen LogP contribution < -0.4 is 4.74 Å². The number of aliphatic hydroxyl groups excluding tert-OH is 1. The molecule has 0 radical (unpaired) electrons. The molecule has 0 amide bonds. The van der Waals surface area contributed by atoms with Crippen LogP contribution in [0.4, 0.5) is 0 Å². The standard InChI is InChI=1S/C17H25NO2/c1-2-10-18-11-5-8-17(9-12-18)13-15(19)14-6-3-4-7-16(14)20-17/h3-4,6-7,15,19H,2,5,8-13H2,1H3/t15-,17?/m0/s1. The molecule has 1 aromatic rings. The third-order valence-corrected chi connectivity index (χ3v) is 4.70. The molecule has 0 aliphatic carbocycles. The number of hydrogen-bond acceptors (Lipinski definition) is 3. The molecule has 2 heterocycles. The first-order chi connectivity index (χ1) is 9.72. The van der Waals surface area contributed by atoms with Crippen LogP contribution in [0.5, 0.6) is 5.75 Å². The Morgan fingerprint density at radius 3 is 3.00 bits per heavy atom. The molecule has 2 aliphatic heterocycles. The van der Waals surface area contributed by atoms with Crippen molar-refractivity contribution in [3.63, 3.8) is 0 Å². The van der Waals surface area contributed by atoms with Crippen LogP contribution in [0.15, 0.2) is 24.3 Å². The highest BCUT2D eigenvalue weighted by molar-refractivity contribution is 5.38. The average molecular weight is 275 g/mol. The quantitative estimate of drug-likeness (QED) is 0.900. The van der Waals surface area contributed by atoms with Crippen molar-refractivity contribution in [1.29, 1.82) is 0 Å². The second kappa shape index (κ2) is 5.74. The molecule has 0 aromatic heterocycles. The highest BCUT2D eigenvalue weighted by atomic mass is 16.5. The SMILES string of the molecule is CCCN1CCCC2(CC1)C[C@H](O)c1ccccc1O2. The number of aliphatic hydroxyl groups is 1. The lowest BCUT2D eigenvalue weighted by atomic mass is 9.83. The predicted molar refractivity (Wildman–Crippen MR) is 80.0 cm³/mol. The van der Waals surface area contributed by atoms with Gasteiger partial charge in [0, 0.05) is 18.5 Å². The number of benzene rings is 1. The Labute approximate surface area is 121 Å². The Balaban J connectivity index is 1.77. The lowest BCUT2D eigenvalue weighted by Gasteiger charge is -2.40. The first kappa shape index (κ1) is 13.9. The largest absolute Gasteiger partial charge is 0.487 e. The zero-order valence-corrected chi connectivity index (χ0v) is 12.3. The molecule has 0 bridgehead atoms. The predicted octanol–water partition coefficient (Wildman–Crippen LogP) is 3.14. The van der Waals surface area contributed by atoms with E-state index in [2.05, 4.69) is 11.8 Å². The van der Waals surface area contributed by atoms with Gasteiger partial charge in [-0.3, -0.25) is 0 Å². The number of hydrogen-bond donors (Lipinski definition) is 1. The number of para-hydroxylation sites is 1. The summed E-state index contributed by atoms with van der Waals surface area (Å²) in [6.07, 6.45) is 4.81. The van der Waals surface area contributed by atoms with Crippen molar-refractivity contribution in [2.45, 2.75) is 50.7 Å². The van der Waals surface area contributed by atoms with E-state index in [1.807, 2.05) is 24.3 Å². The molecule has 110 valence electrons. The Hall–Kier alpha value is -1.06. The maximum absolute atomic E-state index is 10.4. The van der Waals surface area contributed by atoms with Crippen molar-refractivity contribution in [1.82, 2.24) is 4.90 Å². The van der Waals surface area contributed by atoms with Crippen molar-refractivity contribution in [3.8, 4) is 5.75 Å². The van der Waals surface area contributed by atoms with Crippen molar-refractivity contribution in [2.24, 2.45) is 0 Å². The van der Waals surface area contributed by atoms with Crippen LogP contribution in [-0.4, -0.2) is 35.2 Å². The van der Waals surface area contributed by atoms with Crippen molar-refractivity contribution in [2.75, 3.05) is 19.6 Å². The molecular weight excluding hydrogens is 250 g/mol. The van der Waals surface area contributed by atoms with Gasteiger partial charge in [0.05, 0.1) is 6.10 Å². The van der Waals surface area contributed by atoms with Gasteiger partial charge in [-0.1, -0.05) is 25.1 Å². The summed E-state index contributed by atoms with van der Waals surface area (Å²) in [6.45, 7) is 5.66. The van der Waals surface area contributed by atoms with Crippen LogP contribution in [0.3, 0.4) is 0 Å². The molecule has 1 unspecified atom stereocenters. The first-order valence-corrected chi connectivity index (χ1v) is 7.91. The molecule has 3 rings (SSSR count). The Morgan fingerprint density at radius 1 is 1.30 bits per heavy atom. The zero-order chi connectivity index (χ0) is 14.0. The topological polar surface area (TPSA) is 32.7 Å². The average Bonchev–Trinajstić information content (AvgIpc) is 2.63. The molecule has 3 heteroatoms. The van der Waals surface area contributed by atoms with Crippen molar-refractivity contribution in [3.05, 3.63) is 29.8 Å². The molecule has 1 spiro atoms. The summed E-state index contributed by atoms with van der Waals surface area (Å²) in [4.78, 5) is 2.53. The maximum atomic E-state index is 10.4. The molecule has 1 aromatic carbocycles. The van der Waals surface area contributed by atoms with E-state index in [1.54, 1.807) is 0 Å². The van der Waals surface area contributed by atoms with Gasteiger partial charge in [-0.05, 0) is 44.8 Å². The van der Waals surface area contributed by atoms with E-state index in [-0.39, 0.29) is 11.7 Å². The second-order valence-electron chi connectivity index (χ2n) is 6.24. The number of ether oxygens (including phenoxy) is 1. The minimum Gasteiger partial charge on any atom is -0.487 e. The van der Waals surface area contributed by atoms with E-state index in [1.165, 1.54) is 13.0 Å². The second-order valence-corrected chi connectivity index (χ2v) is 6.24. The van der Waals surface area contributed by atoms with Gasteiger partial charge in [0.2, 0.25) is 0 Å². The molecule has 1 N–H and O–H groups in total. The molecule has 1 fully saturated rings. The van der Waals surface area contributed by atoms with Crippen LogP contribution in [0, 0.1) is 0 Å². The molecular formula is C17H25NO2. The summed E-state index contributed by atoms with van der Waals surface area (Å²) >= 11 is 0. The highest BCUT2D eigenvalue weighted by Gasteiger charge is 2.41. The van der Waals surface area contributed by atoms with E-state index in [9.17, 15) is 5.11 Å². The number of likely N-dealkylation sites (tertiary alicyclic amines) is 1. The van der Waals surface area contributed by atoms with Crippen LogP contribution in [0.1, 0.15) is 50.7 Å². The van der Waals surface area contributed by atoms with Gasteiger partial charge in [-0.25, -0.2) is 0 Å². The van der Waals surface area contributed by atoms with Crippen LogP contribution in [0.2, 0.25) is 0 Å². The smallest absolute Gasteiger partial charge is 0.125 e. The highest BCUT2D eigenvalue weighted by Crippen LogP contribution is 2.43. The van der Waals surface area contributed by atoms with E-state index >= 15 is 0 Å². The lowest BCUT2D eigenvalue weighted by Crippen LogP contribution is -2.42. The fourth-order valence-corrected chi connectivity index (χ4v) is 3.66. The van der Waals surface area contributed by atoms with Gasteiger partial charge in [-0.15, -0.1) is 0 Å². The summed E-state index contributed by atoms with van der Waals surface area (Å²) in [5, 5.41) is 10.4. The Kier molecular flexibility index (Phi) is 3.99. The molecule has 20 heavy (non-hydrogen) atoms. The Bertz CT molecular complexity index is 462. The van der Waals surface area contributed by atoms with Crippen molar-refractivity contribution >= 4 is 0 Å². The summed E-state index contributed by atoms with van der Waals surface area (Å²) in [6, 6.07) is 7.94. The van der Waals surface area contributed by atoms with Crippen LogP contribution >= 0.6 is 0 Å². The summed E-state index contributed by atoms with van der Waals surface area (Å²) in [5.41, 5.74) is 0.795. The fraction of sp³-hybridized carbons (Fsp3) is 0.647. The van der Waals surface area contributed by atoms with Gasteiger partial charge in [0.15, 0.2) is 0 Å². The van der Waals surface area contributed by atoms with Gasteiger partial charge in [0.1, 0.15) is 11.4 Å². The molecule has 0 saturated carbocycles. The fourth-order valence-electron chi connectivity index (χ4n) is 3.66. The molecule has 2 atom stereocenters. The van der Waals surface area contributed by atoms with Gasteiger partial charge in [0.25, 0.3) is 0 Å². The van der Waals surface area contributed by atoms with Crippen LogP contribution in [0.25, 0.3) is 0 Å². The van der Waals surface area contributed by atoms with E-state index < -0.39 is 0 Å². The van der Waals surface area contributed by atoms with Gasteiger partial charge < -0.3 is 14.7 Å². The third-order valence-electron chi connectivity index (χ3n) is 4.70. The normalized spacial score (nSPS) is 30.6. The number of nitrogens with zero attached hydrogens (tertiary/aromatic N) is 1. The monoisotopic (exact) mass is 275 g/mol. The van der Waals surface area contributed by atoms with E-state index in [4.69, 9.17) is 4.74 Å². The first-order valence-electron chi connectivity index (χ1n) is 7.91. The van der Waals surface area contributed by atoms with Gasteiger partial charge >= 0.3 is 0 Å². The van der Waals surface area contributed by atoms with Crippen LogP contribution in [-0.2, 0) is 0 Å². The van der Waals surface area contributed by atoms with Crippen molar-refractivity contribution < 1.29 is 9.84 Å². The third kappa shape index (κ3) is 2.70. The minimum absolute atomic E-state index is 0.156. The number of rotatable bonds is 2. The maximum Gasteiger partial charge on any atom is 0.125 e. The molecule has 3 nitrogen and oxygen atoms in total. The zero-order valence-electron chi connectivity index (χ0n) is 12.3. The van der Waals surface area contributed by atoms with Gasteiger partial charge in [-0.2, -0.15) is 0 Å². The summed E-state index contributed by atoms with van der Waals surface area (Å²) in [5.74, 6) is 0.884. The minimum atomic E-state index is -0.377.